The number of hydrogen-bond acceptors (Lipinski definition) is 6. The van der Waals surface area contributed by atoms with Crippen LogP contribution in [0.5, 0.6) is 0 Å². The van der Waals surface area contributed by atoms with Gasteiger partial charge < -0.3 is 9.80 Å². The van der Waals surface area contributed by atoms with Crippen LogP contribution in [0.2, 0.25) is 0 Å². The molecule has 0 spiro atoms. The molecule has 0 amide bonds. The van der Waals surface area contributed by atoms with Gasteiger partial charge in [-0.05, 0) is 106 Å². The van der Waals surface area contributed by atoms with Gasteiger partial charge in [-0.2, -0.15) is 0 Å². The molecule has 0 radical (unpaired) electrons. The van der Waals surface area contributed by atoms with E-state index < -0.39 is 0 Å². The Bertz CT molecular complexity index is 2380. The van der Waals surface area contributed by atoms with Crippen LogP contribution in [0.3, 0.4) is 0 Å². The van der Waals surface area contributed by atoms with Gasteiger partial charge >= 0.3 is 0 Å². The van der Waals surface area contributed by atoms with Crippen LogP contribution in [0, 0.1) is 0 Å². The summed E-state index contributed by atoms with van der Waals surface area (Å²) in [5, 5.41) is 2.30. The lowest BCUT2D eigenvalue weighted by molar-refractivity contribution is 1.26. The third kappa shape index (κ3) is 6.96. The molecular weight excluding hydrogens is 697 g/mol. The van der Waals surface area contributed by atoms with E-state index in [-0.39, 0.29) is 0 Å². The van der Waals surface area contributed by atoms with Crippen LogP contribution in [0.1, 0.15) is 0 Å². The first-order valence-corrected chi connectivity index (χ1v) is 19.4. The van der Waals surface area contributed by atoms with Gasteiger partial charge in [0.15, 0.2) is 0 Å². The third-order valence-electron chi connectivity index (χ3n) is 9.39. The van der Waals surface area contributed by atoms with Gasteiger partial charge in [-0.15, -0.1) is 22.7 Å². The average Bonchev–Trinajstić information content (AvgIpc) is 3.95. The topological polar surface area (TPSA) is 32.3 Å². The third-order valence-corrected chi connectivity index (χ3v) is 11.6. The molecule has 4 nitrogen and oxygen atoms in total. The molecule has 54 heavy (non-hydrogen) atoms. The van der Waals surface area contributed by atoms with Crippen molar-refractivity contribution < 1.29 is 0 Å². The van der Waals surface area contributed by atoms with Gasteiger partial charge in [0, 0.05) is 57.3 Å². The van der Waals surface area contributed by atoms with Crippen molar-refractivity contribution in [2.24, 2.45) is 0 Å². The number of nitrogens with zero attached hydrogens (tertiary/aromatic N) is 4. The number of pyridine rings is 2. The molecule has 0 saturated carbocycles. The van der Waals surface area contributed by atoms with E-state index in [1.54, 1.807) is 22.7 Å². The van der Waals surface area contributed by atoms with Crippen LogP contribution in [0.15, 0.2) is 207 Å². The Morgan fingerprint density at radius 2 is 0.593 bits per heavy atom. The lowest BCUT2D eigenvalue weighted by Gasteiger charge is -2.23. The van der Waals surface area contributed by atoms with Gasteiger partial charge in [0.05, 0.1) is 0 Å². The lowest BCUT2D eigenvalue weighted by Crippen LogP contribution is -2.08. The molecule has 0 aliphatic rings. The summed E-state index contributed by atoms with van der Waals surface area (Å²) in [6.07, 6.45) is 7.39. The van der Waals surface area contributed by atoms with Crippen molar-refractivity contribution >= 4 is 55.4 Å². The maximum atomic E-state index is 4.27. The first kappa shape index (κ1) is 33.3. The van der Waals surface area contributed by atoms with Crippen molar-refractivity contribution in [3.63, 3.8) is 0 Å². The van der Waals surface area contributed by atoms with Crippen LogP contribution in [-0.2, 0) is 0 Å². The molecule has 4 heterocycles. The monoisotopic (exact) mass is 730 g/mol. The smallest absolute Gasteiger partial charge is 0.101 e. The standard InChI is InChI=1S/C48H34N4S2/c1-3-7-39(8-4-1)45-23-25-47(53-45)51(43-27-31-49-32-28-43)41-19-15-37(16-20-41)35-11-13-36(14-12-35)38-17-21-42(22-18-38)52(44-29-33-50-34-30-44)48-26-24-46(54-48)40-9-5-2-6-10-40/h1-34H. The highest BCUT2D eigenvalue weighted by Crippen LogP contribution is 2.43. The normalized spacial score (nSPS) is 11.0. The molecule has 0 atom stereocenters. The van der Waals surface area contributed by atoms with Gasteiger partial charge in [0.2, 0.25) is 0 Å². The first-order chi connectivity index (χ1) is 26.8. The minimum absolute atomic E-state index is 1.07. The average molecular weight is 731 g/mol. The number of anilines is 6. The van der Waals surface area contributed by atoms with E-state index in [9.17, 15) is 0 Å². The molecule has 9 rings (SSSR count). The van der Waals surface area contributed by atoms with E-state index in [0.29, 0.717) is 0 Å². The summed E-state index contributed by atoms with van der Waals surface area (Å²) in [6, 6.07) is 64.6. The summed E-state index contributed by atoms with van der Waals surface area (Å²) in [6.45, 7) is 0. The molecule has 6 heteroatoms. The summed E-state index contributed by atoms with van der Waals surface area (Å²) in [5.41, 5.74) is 11.5. The maximum Gasteiger partial charge on any atom is 0.101 e. The Balaban J connectivity index is 0.955. The van der Waals surface area contributed by atoms with E-state index in [4.69, 9.17) is 0 Å². The van der Waals surface area contributed by atoms with Gasteiger partial charge in [-0.25, -0.2) is 0 Å². The van der Waals surface area contributed by atoms with Crippen LogP contribution in [0.25, 0.3) is 43.1 Å². The summed E-state index contributed by atoms with van der Waals surface area (Å²) >= 11 is 3.57. The van der Waals surface area contributed by atoms with Crippen LogP contribution in [0.4, 0.5) is 32.8 Å². The van der Waals surface area contributed by atoms with E-state index in [1.807, 2.05) is 24.8 Å². The number of hydrogen-bond donors (Lipinski definition) is 0. The number of thiophene rings is 2. The summed E-state index contributed by atoms with van der Waals surface area (Å²) in [5.74, 6) is 0. The Kier molecular flexibility index (Phi) is 9.34. The van der Waals surface area contributed by atoms with Crippen LogP contribution < -0.4 is 9.80 Å². The predicted molar refractivity (Wildman–Crippen MR) is 229 cm³/mol. The van der Waals surface area contributed by atoms with E-state index >= 15 is 0 Å². The summed E-state index contributed by atoms with van der Waals surface area (Å²) < 4.78 is 0. The molecule has 4 aromatic heterocycles. The predicted octanol–water partition coefficient (Wildman–Crippen LogP) is 14.2. The largest absolute Gasteiger partial charge is 0.302 e. The fourth-order valence-corrected chi connectivity index (χ4v) is 8.77. The van der Waals surface area contributed by atoms with Gasteiger partial charge in [-0.1, -0.05) is 109 Å². The molecule has 0 bridgehead atoms. The van der Waals surface area contributed by atoms with Crippen LogP contribution >= 0.6 is 22.7 Å². The minimum atomic E-state index is 1.07. The van der Waals surface area contributed by atoms with Crippen molar-refractivity contribution in [3.05, 3.63) is 207 Å². The first-order valence-electron chi connectivity index (χ1n) is 17.8. The second-order valence-electron chi connectivity index (χ2n) is 12.8. The van der Waals surface area contributed by atoms with Crippen LogP contribution in [-0.4, -0.2) is 9.97 Å². The fraction of sp³-hybridized carbons (Fsp3) is 0. The molecule has 0 unspecified atom stereocenters. The number of benzene rings is 5. The molecule has 0 N–H and O–H groups in total. The number of rotatable bonds is 10. The quantitative estimate of drug-likeness (QED) is 0.140. The molecule has 0 aliphatic heterocycles. The summed E-state index contributed by atoms with van der Waals surface area (Å²) in [7, 11) is 0. The molecule has 5 aromatic carbocycles. The zero-order chi connectivity index (χ0) is 36.1. The molecular formula is C48H34N4S2. The van der Waals surface area contributed by atoms with E-state index in [2.05, 4.69) is 202 Å². The molecule has 0 saturated heterocycles. The zero-order valence-corrected chi connectivity index (χ0v) is 30.9. The highest BCUT2D eigenvalue weighted by molar-refractivity contribution is 7.19. The van der Waals surface area contributed by atoms with Crippen molar-refractivity contribution in [1.29, 1.82) is 0 Å². The minimum Gasteiger partial charge on any atom is -0.302 e. The van der Waals surface area contributed by atoms with Crippen molar-refractivity contribution in [3.8, 4) is 43.1 Å². The highest BCUT2D eigenvalue weighted by atomic mass is 32.1. The second-order valence-corrected chi connectivity index (χ2v) is 14.9. The zero-order valence-electron chi connectivity index (χ0n) is 29.2. The maximum absolute atomic E-state index is 4.27. The second kappa shape index (κ2) is 15.2. The Labute approximate surface area is 323 Å². The molecule has 258 valence electrons. The Morgan fingerprint density at radius 3 is 0.944 bits per heavy atom. The lowest BCUT2D eigenvalue weighted by atomic mass is 10.00. The van der Waals surface area contributed by atoms with Gasteiger partial charge in [0.1, 0.15) is 10.0 Å². The molecule has 0 fully saturated rings. The van der Waals surface area contributed by atoms with E-state index in [0.717, 1.165) is 32.8 Å². The van der Waals surface area contributed by atoms with Gasteiger partial charge in [-0.3, -0.25) is 9.97 Å². The fourth-order valence-electron chi connectivity index (χ4n) is 6.67. The molecule has 9 aromatic rings. The summed E-state index contributed by atoms with van der Waals surface area (Å²) in [4.78, 5) is 15.6. The Morgan fingerprint density at radius 1 is 0.278 bits per heavy atom. The van der Waals surface area contributed by atoms with Gasteiger partial charge in [0.25, 0.3) is 0 Å². The number of aromatic nitrogens is 2. The SMILES string of the molecule is c1ccc(-c2ccc(N(c3ccncc3)c3ccc(-c4ccc(-c5ccc(N(c6ccncc6)c6ccc(-c7ccccc7)s6)cc5)cc4)cc3)s2)cc1. The van der Waals surface area contributed by atoms with Crippen molar-refractivity contribution in [2.75, 3.05) is 9.80 Å². The molecule has 0 aliphatic carbocycles. The highest BCUT2D eigenvalue weighted by Gasteiger charge is 2.17. The van der Waals surface area contributed by atoms with Crippen molar-refractivity contribution in [2.45, 2.75) is 0 Å². The van der Waals surface area contributed by atoms with E-state index in [1.165, 1.54) is 43.1 Å². The van der Waals surface area contributed by atoms with Crippen molar-refractivity contribution in [1.82, 2.24) is 9.97 Å². The Hall–Kier alpha value is -6.60.